The standard InChI is InChI=1S/C14H16N4OS/c15-12(19)6-3-7-17-13-9-4-1-2-5-11(9)18-8-10(13)14(16)20/h1-2,4-5,8H,3,6-7H2,(H2,15,19)(H2,16,20)(H,17,18). The molecule has 20 heavy (non-hydrogen) atoms. The van der Waals surface area contributed by atoms with E-state index in [9.17, 15) is 4.79 Å². The summed E-state index contributed by atoms with van der Waals surface area (Å²) in [5.74, 6) is -0.305. The Balaban J connectivity index is 2.30. The topological polar surface area (TPSA) is 94.0 Å². The Morgan fingerprint density at radius 1 is 1.30 bits per heavy atom. The minimum absolute atomic E-state index is 0.292. The van der Waals surface area contributed by atoms with Gasteiger partial charge in [0, 0.05) is 24.5 Å². The number of fused-ring (bicyclic) bond motifs is 1. The Kier molecular flexibility index (Phi) is 4.47. The highest BCUT2D eigenvalue weighted by molar-refractivity contribution is 7.80. The molecule has 0 aliphatic heterocycles. The molecule has 1 aromatic heterocycles. The highest BCUT2D eigenvalue weighted by Gasteiger charge is 2.10. The van der Waals surface area contributed by atoms with Gasteiger partial charge in [-0.1, -0.05) is 30.4 Å². The first kappa shape index (κ1) is 14.2. The summed E-state index contributed by atoms with van der Waals surface area (Å²) >= 11 is 5.06. The molecule has 1 aromatic carbocycles. The van der Waals surface area contributed by atoms with E-state index in [1.165, 1.54) is 0 Å². The molecule has 5 N–H and O–H groups in total. The third kappa shape index (κ3) is 3.21. The molecule has 0 aliphatic carbocycles. The highest BCUT2D eigenvalue weighted by atomic mass is 32.1. The normalized spacial score (nSPS) is 10.4. The van der Waals surface area contributed by atoms with Gasteiger partial charge < -0.3 is 16.8 Å². The number of hydrogen-bond donors (Lipinski definition) is 3. The number of nitrogens with one attached hydrogen (secondary N) is 1. The molecule has 0 radical (unpaired) electrons. The maximum absolute atomic E-state index is 10.7. The zero-order valence-electron chi connectivity index (χ0n) is 10.9. The first-order valence-corrected chi connectivity index (χ1v) is 6.70. The number of primary amides is 1. The van der Waals surface area contributed by atoms with E-state index in [2.05, 4.69) is 10.3 Å². The molecule has 0 bridgehead atoms. The van der Waals surface area contributed by atoms with Crippen LogP contribution in [0.2, 0.25) is 0 Å². The lowest BCUT2D eigenvalue weighted by Gasteiger charge is -2.13. The average Bonchev–Trinajstić information content (AvgIpc) is 2.42. The van der Waals surface area contributed by atoms with Gasteiger partial charge in [0.2, 0.25) is 5.91 Å². The molecule has 2 aromatic rings. The van der Waals surface area contributed by atoms with Gasteiger partial charge in [0.25, 0.3) is 0 Å². The monoisotopic (exact) mass is 288 g/mol. The van der Waals surface area contributed by atoms with Crippen molar-refractivity contribution in [1.29, 1.82) is 0 Å². The number of nitrogens with zero attached hydrogens (tertiary/aromatic N) is 1. The van der Waals surface area contributed by atoms with Crippen LogP contribution in [0.5, 0.6) is 0 Å². The van der Waals surface area contributed by atoms with Crippen molar-refractivity contribution in [3.05, 3.63) is 36.0 Å². The Bertz CT molecular complexity index is 657. The number of carbonyl (C=O) groups is 1. The summed E-state index contributed by atoms with van der Waals surface area (Å²) in [6.07, 6.45) is 2.67. The molecule has 0 fully saturated rings. The Labute approximate surface area is 122 Å². The Morgan fingerprint density at radius 2 is 2.05 bits per heavy atom. The van der Waals surface area contributed by atoms with Crippen LogP contribution in [0.4, 0.5) is 5.69 Å². The van der Waals surface area contributed by atoms with Gasteiger partial charge in [-0.05, 0) is 12.5 Å². The van der Waals surface area contributed by atoms with E-state index in [1.54, 1.807) is 6.20 Å². The number of anilines is 1. The number of amides is 1. The second-order valence-corrected chi connectivity index (χ2v) is 4.86. The predicted octanol–water partition coefficient (Wildman–Crippen LogP) is 1.55. The Hall–Kier alpha value is -2.21. The van der Waals surface area contributed by atoms with Crippen molar-refractivity contribution in [2.24, 2.45) is 11.5 Å². The number of nitrogens with two attached hydrogens (primary N) is 2. The molecule has 0 unspecified atom stereocenters. The van der Waals surface area contributed by atoms with Gasteiger partial charge in [-0.2, -0.15) is 0 Å². The fourth-order valence-corrected chi connectivity index (χ4v) is 2.15. The van der Waals surface area contributed by atoms with Crippen LogP contribution in [0.3, 0.4) is 0 Å². The van der Waals surface area contributed by atoms with E-state index < -0.39 is 0 Å². The van der Waals surface area contributed by atoms with Crippen molar-refractivity contribution in [2.75, 3.05) is 11.9 Å². The summed E-state index contributed by atoms with van der Waals surface area (Å²) in [6, 6.07) is 7.74. The molecule has 6 heteroatoms. The van der Waals surface area contributed by atoms with E-state index in [1.807, 2.05) is 24.3 Å². The van der Waals surface area contributed by atoms with Crippen molar-refractivity contribution in [1.82, 2.24) is 4.98 Å². The second kappa shape index (κ2) is 6.29. The molecular formula is C14H16N4OS. The molecule has 0 aliphatic rings. The molecule has 0 atom stereocenters. The number of carbonyl (C=O) groups excluding carboxylic acids is 1. The summed E-state index contributed by atoms with van der Waals surface area (Å²) in [7, 11) is 0. The summed E-state index contributed by atoms with van der Waals surface area (Å²) in [5.41, 5.74) is 13.3. The maximum atomic E-state index is 10.7. The molecule has 104 valence electrons. The summed E-state index contributed by atoms with van der Waals surface area (Å²) in [6.45, 7) is 0.618. The van der Waals surface area contributed by atoms with Crippen LogP contribution < -0.4 is 16.8 Å². The molecule has 1 amide bonds. The van der Waals surface area contributed by atoms with Crippen LogP contribution in [-0.2, 0) is 4.79 Å². The van der Waals surface area contributed by atoms with Crippen LogP contribution in [-0.4, -0.2) is 22.4 Å². The number of hydrogen-bond acceptors (Lipinski definition) is 4. The summed E-state index contributed by atoms with van der Waals surface area (Å²) < 4.78 is 0. The van der Waals surface area contributed by atoms with Gasteiger partial charge in [0.15, 0.2) is 0 Å². The number of thiocarbonyl (C=S) groups is 1. The molecule has 0 saturated carbocycles. The van der Waals surface area contributed by atoms with Crippen molar-refractivity contribution >= 4 is 39.7 Å². The lowest BCUT2D eigenvalue weighted by Crippen LogP contribution is -2.16. The first-order valence-electron chi connectivity index (χ1n) is 6.29. The number of benzene rings is 1. The van der Waals surface area contributed by atoms with Gasteiger partial charge in [-0.25, -0.2) is 0 Å². The second-order valence-electron chi connectivity index (χ2n) is 4.42. The first-order chi connectivity index (χ1) is 9.59. The molecule has 0 spiro atoms. The van der Waals surface area contributed by atoms with Crippen LogP contribution in [0.15, 0.2) is 30.5 Å². The minimum atomic E-state index is -0.305. The highest BCUT2D eigenvalue weighted by Crippen LogP contribution is 2.25. The van der Waals surface area contributed by atoms with E-state index in [4.69, 9.17) is 23.7 Å². The molecule has 2 rings (SSSR count). The van der Waals surface area contributed by atoms with Gasteiger partial charge in [-0.3, -0.25) is 9.78 Å². The number of rotatable bonds is 6. The van der Waals surface area contributed by atoms with Crippen LogP contribution in [0.1, 0.15) is 18.4 Å². The zero-order valence-corrected chi connectivity index (χ0v) is 11.7. The van der Waals surface area contributed by atoms with Crippen molar-refractivity contribution in [2.45, 2.75) is 12.8 Å². The maximum Gasteiger partial charge on any atom is 0.217 e. The quantitative estimate of drug-likeness (QED) is 0.554. The zero-order chi connectivity index (χ0) is 14.5. The van der Waals surface area contributed by atoms with Gasteiger partial charge in [-0.15, -0.1) is 0 Å². The average molecular weight is 288 g/mol. The van der Waals surface area contributed by atoms with E-state index in [-0.39, 0.29) is 5.91 Å². The number of para-hydroxylation sites is 1. The van der Waals surface area contributed by atoms with Crippen LogP contribution >= 0.6 is 12.2 Å². The van der Waals surface area contributed by atoms with E-state index in [0.717, 1.165) is 16.6 Å². The van der Waals surface area contributed by atoms with Crippen LogP contribution in [0, 0.1) is 0 Å². The summed E-state index contributed by atoms with van der Waals surface area (Å²) in [4.78, 5) is 15.4. The number of pyridine rings is 1. The van der Waals surface area contributed by atoms with Crippen molar-refractivity contribution in [3.63, 3.8) is 0 Å². The van der Waals surface area contributed by atoms with Gasteiger partial charge in [0.1, 0.15) is 4.99 Å². The van der Waals surface area contributed by atoms with Crippen LogP contribution in [0.25, 0.3) is 10.9 Å². The molecule has 1 heterocycles. The van der Waals surface area contributed by atoms with Gasteiger partial charge >= 0.3 is 0 Å². The van der Waals surface area contributed by atoms with E-state index >= 15 is 0 Å². The minimum Gasteiger partial charge on any atom is -0.389 e. The largest absolute Gasteiger partial charge is 0.389 e. The van der Waals surface area contributed by atoms with Gasteiger partial charge in [0.05, 0.1) is 16.8 Å². The molecule has 0 saturated heterocycles. The Morgan fingerprint density at radius 3 is 2.75 bits per heavy atom. The molecular weight excluding hydrogens is 272 g/mol. The SMILES string of the molecule is NC(=O)CCCNc1c(C(N)=S)cnc2ccccc12. The third-order valence-electron chi connectivity index (χ3n) is 2.94. The predicted molar refractivity (Wildman–Crippen MR) is 84.5 cm³/mol. The summed E-state index contributed by atoms with van der Waals surface area (Å²) in [5, 5.41) is 4.23. The smallest absolute Gasteiger partial charge is 0.217 e. The van der Waals surface area contributed by atoms with Crippen molar-refractivity contribution < 1.29 is 4.79 Å². The lowest BCUT2D eigenvalue weighted by molar-refractivity contribution is -0.118. The fourth-order valence-electron chi connectivity index (χ4n) is 1.99. The van der Waals surface area contributed by atoms with Crippen molar-refractivity contribution in [3.8, 4) is 0 Å². The van der Waals surface area contributed by atoms with E-state index in [0.29, 0.717) is 29.9 Å². The number of aromatic nitrogens is 1. The third-order valence-corrected chi connectivity index (χ3v) is 3.16. The molecule has 5 nitrogen and oxygen atoms in total. The lowest BCUT2D eigenvalue weighted by atomic mass is 10.1. The fraction of sp³-hybridized carbons (Fsp3) is 0.214.